The number of rotatable bonds is 4. The van der Waals surface area contributed by atoms with Crippen LogP contribution in [-0.2, 0) is 14.3 Å². The van der Waals surface area contributed by atoms with Gasteiger partial charge in [-0.3, -0.25) is 0 Å². The van der Waals surface area contributed by atoms with Crippen molar-refractivity contribution in [3.05, 3.63) is 11.9 Å². The Balaban J connectivity index is 5.54. The molecule has 0 spiro atoms. The zero-order chi connectivity index (χ0) is 17.5. The van der Waals surface area contributed by atoms with Gasteiger partial charge in [0.1, 0.15) is 0 Å². The molecule has 0 saturated heterocycles. The van der Waals surface area contributed by atoms with E-state index in [0.717, 1.165) is 0 Å². The molecule has 0 aliphatic carbocycles. The van der Waals surface area contributed by atoms with Gasteiger partial charge in [-0.05, 0) is 0 Å². The third kappa shape index (κ3) is 4.69. The summed E-state index contributed by atoms with van der Waals surface area (Å²) in [5.74, 6) is -10.4. The molecule has 0 amide bonds. The van der Waals surface area contributed by atoms with Crippen molar-refractivity contribution in [2.75, 3.05) is 0 Å². The van der Waals surface area contributed by atoms with Gasteiger partial charge in [-0.1, -0.05) is 0 Å². The van der Waals surface area contributed by atoms with Crippen LogP contribution >= 0.6 is 0 Å². The van der Waals surface area contributed by atoms with E-state index in [1.54, 1.807) is 0 Å². The third-order valence-corrected chi connectivity index (χ3v) is 2.46. The molecule has 0 radical (unpaired) electrons. The summed E-state index contributed by atoms with van der Waals surface area (Å²) in [7, 11) is -7.07. The highest BCUT2D eigenvalue weighted by Crippen LogP contribution is 2.43. The van der Waals surface area contributed by atoms with Gasteiger partial charge in [0.15, 0.2) is 5.83 Å². The summed E-state index contributed by atoms with van der Waals surface area (Å²) < 4.78 is 154. The van der Waals surface area contributed by atoms with Gasteiger partial charge in [0.25, 0.3) is 0 Å². The summed E-state index contributed by atoms with van der Waals surface area (Å²) in [6.07, 6.45) is -14.7. The predicted octanol–water partition coefficient (Wildman–Crippen LogP) is 3.50. The van der Waals surface area contributed by atoms with Gasteiger partial charge in [0.05, 0.1) is 6.08 Å². The van der Waals surface area contributed by atoms with Gasteiger partial charge in [0, 0.05) is 0 Å². The van der Waals surface area contributed by atoms with Gasteiger partial charge < -0.3 is 0 Å². The Labute approximate surface area is 108 Å². The Morgan fingerprint density at radius 2 is 1.24 bits per heavy atom. The molecule has 0 heterocycles. The van der Waals surface area contributed by atoms with Crippen LogP contribution in [0.2, 0.25) is 0 Å². The Morgan fingerprint density at radius 3 is 1.52 bits per heavy atom. The van der Waals surface area contributed by atoms with Gasteiger partial charge in [-0.2, -0.15) is 56.5 Å². The van der Waals surface area contributed by atoms with Crippen LogP contribution in [0, 0.1) is 0 Å². The maximum absolute atomic E-state index is 12.5. The van der Waals surface area contributed by atoms with Crippen LogP contribution in [0.3, 0.4) is 0 Å². The fourth-order valence-electron chi connectivity index (χ4n) is 0.591. The maximum Gasteiger partial charge on any atom is 0.523 e. The number of allylic oxidation sites excluding steroid dienone is 1. The summed E-state index contributed by atoms with van der Waals surface area (Å²) in [5, 5.41) is 0. The second-order valence-corrected chi connectivity index (χ2v) is 4.65. The average Bonchev–Trinajstić information content (AvgIpc) is 2.10. The molecule has 0 aromatic heterocycles. The first-order valence-corrected chi connectivity index (χ1v) is 5.47. The van der Waals surface area contributed by atoms with Crippen LogP contribution in [0.1, 0.15) is 0 Å². The smallest absolute Gasteiger partial charge is 0.205 e. The van der Waals surface area contributed by atoms with Crippen LogP contribution in [0.15, 0.2) is 11.9 Å². The molecule has 15 heteroatoms. The second-order valence-electron chi connectivity index (χ2n) is 3.11. The van der Waals surface area contributed by atoms with E-state index < -0.39 is 45.7 Å². The first-order valence-electron chi connectivity index (χ1n) is 4.06. The molecule has 0 aromatic rings. The molecule has 0 saturated carbocycles. The predicted molar refractivity (Wildman–Crippen MR) is 41.2 cm³/mol. The number of hydrogen-bond donors (Lipinski definition) is 0. The second kappa shape index (κ2) is 5.26. The van der Waals surface area contributed by atoms with Crippen LogP contribution in [0.4, 0.5) is 48.3 Å². The van der Waals surface area contributed by atoms with Gasteiger partial charge in [-0.15, -0.1) is 0 Å². The lowest BCUT2D eigenvalue weighted by Crippen LogP contribution is -2.39. The summed E-state index contributed by atoms with van der Waals surface area (Å²) in [6, 6.07) is 0. The molecule has 0 fully saturated rings. The van der Waals surface area contributed by atoms with Crippen LogP contribution < -0.4 is 0 Å². The van der Waals surface area contributed by atoms with Gasteiger partial charge >= 0.3 is 33.8 Å². The number of hydrogen-bond acceptors (Lipinski definition) is 3. The molecular weight excluding hydrogens is 361 g/mol. The molecule has 0 aromatic carbocycles. The van der Waals surface area contributed by atoms with Crippen molar-refractivity contribution < 1.29 is 60.9 Å². The molecule has 126 valence electrons. The Hall–Kier alpha value is -1.12. The topological polar surface area (TPSA) is 43.4 Å². The first-order chi connectivity index (χ1) is 8.83. The fraction of sp³-hybridized carbons (Fsp3) is 0.667. The molecule has 3 nitrogen and oxygen atoms in total. The minimum absolute atomic E-state index is 2.04. The number of alkyl halides is 10. The normalized spacial score (nSPS) is 16.2. The van der Waals surface area contributed by atoms with E-state index in [9.17, 15) is 56.7 Å². The number of halogens is 11. The van der Waals surface area contributed by atoms with Gasteiger partial charge in [0.2, 0.25) is 0 Å². The largest absolute Gasteiger partial charge is 0.523 e. The Morgan fingerprint density at radius 1 is 0.857 bits per heavy atom. The lowest BCUT2D eigenvalue weighted by Gasteiger charge is -2.19. The fourth-order valence-corrected chi connectivity index (χ4v) is 1.03. The molecule has 0 unspecified atom stereocenters. The van der Waals surface area contributed by atoms with E-state index in [2.05, 4.69) is 4.18 Å². The molecule has 0 N–H and O–H groups in total. The van der Waals surface area contributed by atoms with Crippen LogP contribution in [0.25, 0.3) is 0 Å². The van der Waals surface area contributed by atoms with Crippen molar-refractivity contribution in [1.29, 1.82) is 0 Å². The van der Waals surface area contributed by atoms with Crippen molar-refractivity contribution in [3.8, 4) is 0 Å². The Bertz CT molecular complexity index is 511. The quantitative estimate of drug-likeness (QED) is 0.437. The SMILES string of the molecule is O=S(=O)(OC(F)(F)/C=C(\F)C(F)(F)C(F)(F)F)C(F)(F)F. The van der Waals surface area contributed by atoms with Crippen molar-refractivity contribution in [2.24, 2.45) is 0 Å². The van der Waals surface area contributed by atoms with Crippen LogP contribution in [-0.4, -0.2) is 32.1 Å². The van der Waals surface area contributed by atoms with E-state index in [-0.39, 0.29) is 0 Å². The molecule has 0 rings (SSSR count). The monoisotopic (exact) mass is 362 g/mol. The highest BCUT2D eigenvalue weighted by molar-refractivity contribution is 7.87. The van der Waals surface area contributed by atoms with Crippen molar-refractivity contribution >= 4 is 10.1 Å². The van der Waals surface area contributed by atoms with Gasteiger partial charge in [-0.25, -0.2) is 4.39 Å². The van der Waals surface area contributed by atoms with E-state index in [1.807, 2.05) is 0 Å². The summed E-state index contributed by atoms with van der Waals surface area (Å²) in [5.41, 5.74) is -6.44. The summed E-state index contributed by atoms with van der Waals surface area (Å²) in [6.45, 7) is 0. The highest BCUT2D eigenvalue weighted by atomic mass is 32.2. The van der Waals surface area contributed by atoms with E-state index in [4.69, 9.17) is 0 Å². The lowest BCUT2D eigenvalue weighted by molar-refractivity contribution is -0.271. The molecular formula is C6HF11O3S. The lowest BCUT2D eigenvalue weighted by atomic mass is 10.2. The zero-order valence-corrected chi connectivity index (χ0v) is 9.68. The molecule has 0 aliphatic heterocycles. The van der Waals surface area contributed by atoms with E-state index in [1.165, 1.54) is 0 Å². The summed E-state index contributed by atoms with van der Waals surface area (Å²) >= 11 is 0. The van der Waals surface area contributed by atoms with Crippen molar-refractivity contribution in [2.45, 2.75) is 23.7 Å². The molecule has 21 heavy (non-hydrogen) atoms. The Kier molecular flexibility index (Phi) is 4.98. The maximum atomic E-state index is 12.5. The first kappa shape index (κ1) is 19.9. The molecule has 0 aliphatic rings. The minimum Gasteiger partial charge on any atom is -0.205 e. The van der Waals surface area contributed by atoms with E-state index >= 15 is 0 Å². The zero-order valence-electron chi connectivity index (χ0n) is 8.87. The van der Waals surface area contributed by atoms with Crippen molar-refractivity contribution in [3.63, 3.8) is 0 Å². The standard InChI is InChI=1S/C6HF11O3S/c7-2(4(10,11)5(12,13)14)1-3(8,9)20-21(18,19)6(15,16)17/h1H/b2-1-. The molecule has 0 bridgehead atoms. The summed E-state index contributed by atoms with van der Waals surface area (Å²) in [4.78, 5) is 0. The van der Waals surface area contributed by atoms with Crippen LogP contribution in [0.5, 0.6) is 0 Å². The van der Waals surface area contributed by atoms with Crippen molar-refractivity contribution in [1.82, 2.24) is 0 Å². The molecule has 0 atom stereocenters. The minimum atomic E-state index is -7.07. The van der Waals surface area contributed by atoms with E-state index in [0.29, 0.717) is 0 Å². The third-order valence-electron chi connectivity index (χ3n) is 1.46. The highest BCUT2D eigenvalue weighted by Gasteiger charge is 2.62. The average molecular weight is 362 g/mol.